The average molecular weight is 392 g/mol. The second-order valence-electron chi connectivity index (χ2n) is 6.39. The first-order chi connectivity index (χ1) is 13.6. The van der Waals surface area contributed by atoms with Crippen LogP contribution in [0.2, 0.25) is 5.02 Å². The molecule has 0 saturated heterocycles. The number of hydrogen-bond acceptors (Lipinski definition) is 3. The van der Waals surface area contributed by atoms with Crippen molar-refractivity contribution in [2.75, 3.05) is 11.9 Å². The van der Waals surface area contributed by atoms with Gasteiger partial charge in [0.1, 0.15) is 11.4 Å². The van der Waals surface area contributed by atoms with E-state index in [1.807, 2.05) is 66.2 Å². The molecule has 5 nitrogen and oxygen atoms in total. The topological polar surface area (TPSA) is 55.6 Å². The van der Waals surface area contributed by atoms with Crippen LogP contribution in [0.5, 0.6) is 5.75 Å². The molecule has 0 fully saturated rings. The molecular weight excluding hydrogens is 374 g/mol. The molecule has 6 heteroatoms. The van der Waals surface area contributed by atoms with E-state index in [2.05, 4.69) is 10.3 Å². The smallest absolute Gasteiger partial charge is 0.262 e. The lowest BCUT2D eigenvalue weighted by atomic mass is 10.1. The summed E-state index contributed by atoms with van der Waals surface area (Å²) < 4.78 is 7.52. The summed E-state index contributed by atoms with van der Waals surface area (Å²) in [5.74, 6) is 0.356. The van der Waals surface area contributed by atoms with Gasteiger partial charge in [-0.15, -0.1) is 0 Å². The van der Waals surface area contributed by atoms with Crippen molar-refractivity contribution in [2.45, 2.75) is 6.92 Å². The lowest BCUT2D eigenvalue weighted by Crippen LogP contribution is -2.20. The van der Waals surface area contributed by atoms with E-state index in [0.717, 1.165) is 22.5 Å². The van der Waals surface area contributed by atoms with E-state index in [4.69, 9.17) is 16.3 Å². The Balaban J connectivity index is 1.50. The molecule has 0 saturated carbocycles. The summed E-state index contributed by atoms with van der Waals surface area (Å²) in [6.07, 6.45) is 3.88. The monoisotopic (exact) mass is 391 g/mol. The van der Waals surface area contributed by atoms with E-state index < -0.39 is 0 Å². The van der Waals surface area contributed by atoms with E-state index in [9.17, 15) is 4.79 Å². The van der Waals surface area contributed by atoms with Gasteiger partial charge in [0, 0.05) is 23.0 Å². The molecule has 0 spiro atoms. The van der Waals surface area contributed by atoms with E-state index in [0.29, 0.717) is 16.5 Å². The lowest BCUT2D eigenvalue weighted by Gasteiger charge is -2.11. The molecular formula is C22H18ClN3O2. The Kier molecular flexibility index (Phi) is 5.00. The highest BCUT2D eigenvalue weighted by molar-refractivity contribution is 6.31. The van der Waals surface area contributed by atoms with Crippen LogP contribution in [-0.4, -0.2) is 21.9 Å². The number of imidazole rings is 1. The Morgan fingerprint density at radius 3 is 2.79 bits per heavy atom. The third-order valence-corrected chi connectivity index (χ3v) is 4.76. The minimum Gasteiger partial charge on any atom is -0.484 e. The molecule has 2 aromatic heterocycles. The van der Waals surface area contributed by atoms with Crippen molar-refractivity contribution >= 4 is 28.8 Å². The van der Waals surface area contributed by atoms with Crippen molar-refractivity contribution in [1.82, 2.24) is 9.38 Å². The predicted octanol–water partition coefficient (Wildman–Crippen LogP) is 4.98. The summed E-state index contributed by atoms with van der Waals surface area (Å²) in [7, 11) is 0. The Labute approximate surface area is 167 Å². The summed E-state index contributed by atoms with van der Waals surface area (Å²) in [4.78, 5) is 17.0. The van der Waals surface area contributed by atoms with Crippen LogP contribution in [0.15, 0.2) is 73.1 Å². The number of amides is 1. The first-order valence-electron chi connectivity index (χ1n) is 8.82. The van der Waals surface area contributed by atoms with Gasteiger partial charge in [0.15, 0.2) is 6.61 Å². The molecule has 4 aromatic rings. The zero-order valence-corrected chi connectivity index (χ0v) is 16.0. The van der Waals surface area contributed by atoms with Crippen molar-refractivity contribution in [3.05, 3.63) is 83.6 Å². The molecule has 28 heavy (non-hydrogen) atoms. The lowest BCUT2D eigenvalue weighted by molar-refractivity contribution is -0.118. The zero-order chi connectivity index (χ0) is 19.5. The number of anilines is 1. The number of carbonyl (C=O) groups is 1. The summed E-state index contributed by atoms with van der Waals surface area (Å²) in [5, 5.41) is 3.58. The van der Waals surface area contributed by atoms with E-state index >= 15 is 0 Å². The van der Waals surface area contributed by atoms with Gasteiger partial charge in [-0.25, -0.2) is 4.98 Å². The number of pyridine rings is 1. The number of aromatic nitrogens is 2. The molecule has 2 aromatic carbocycles. The highest BCUT2D eigenvalue weighted by Gasteiger charge is 2.12. The molecule has 2 heterocycles. The number of fused-ring (bicyclic) bond motifs is 1. The molecule has 1 N–H and O–H groups in total. The van der Waals surface area contributed by atoms with Crippen LogP contribution in [-0.2, 0) is 4.79 Å². The number of para-hydroxylation sites is 1. The number of nitrogens with one attached hydrogen (secondary N) is 1. The van der Waals surface area contributed by atoms with Crippen molar-refractivity contribution < 1.29 is 9.53 Å². The molecule has 140 valence electrons. The molecule has 0 bridgehead atoms. The number of nitrogens with zero attached hydrogens (tertiary/aromatic N) is 2. The van der Waals surface area contributed by atoms with Crippen LogP contribution in [0.1, 0.15) is 5.56 Å². The van der Waals surface area contributed by atoms with Crippen molar-refractivity contribution in [3.8, 4) is 17.0 Å². The van der Waals surface area contributed by atoms with Crippen LogP contribution in [0, 0.1) is 6.92 Å². The summed E-state index contributed by atoms with van der Waals surface area (Å²) in [5.41, 5.74) is 4.07. The standard InChI is InChI=1S/C22H18ClN3O2/c1-15-12-16(9-10-18(15)23)28-14-22(27)25-19-7-3-2-6-17(19)20-13-26-11-5-4-8-21(26)24-20/h2-13H,14H2,1H3,(H,25,27). The van der Waals surface area contributed by atoms with Gasteiger partial charge in [-0.1, -0.05) is 35.9 Å². The van der Waals surface area contributed by atoms with Crippen LogP contribution in [0.4, 0.5) is 5.69 Å². The maximum Gasteiger partial charge on any atom is 0.262 e. The highest BCUT2D eigenvalue weighted by atomic mass is 35.5. The fourth-order valence-electron chi connectivity index (χ4n) is 2.92. The quantitative estimate of drug-likeness (QED) is 0.522. The maximum absolute atomic E-state index is 12.4. The van der Waals surface area contributed by atoms with Gasteiger partial charge in [0.25, 0.3) is 5.91 Å². The fourth-order valence-corrected chi connectivity index (χ4v) is 3.04. The summed E-state index contributed by atoms with van der Waals surface area (Å²) in [6, 6.07) is 18.7. The summed E-state index contributed by atoms with van der Waals surface area (Å²) in [6.45, 7) is 1.79. The van der Waals surface area contributed by atoms with Gasteiger partial charge in [-0.2, -0.15) is 0 Å². The van der Waals surface area contributed by atoms with E-state index in [1.54, 1.807) is 18.2 Å². The number of ether oxygens (including phenoxy) is 1. The van der Waals surface area contributed by atoms with Gasteiger partial charge >= 0.3 is 0 Å². The maximum atomic E-state index is 12.4. The van der Waals surface area contributed by atoms with Gasteiger partial charge < -0.3 is 14.5 Å². The van der Waals surface area contributed by atoms with Crippen LogP contribution >= 0.6 is 11.6 Å². The normalized spacial score (nSPS) is 10.8. The minimum absolute atomic E-state index is 0.0967. The number of benzene rings is 2. The first-order valence-corrected chi connectivity index (χ1v) is 9.20. The van der Waals surface area contributed by atoms with Gasteiger partial charge in [-0.3, -0.25) is 4.79 Å². The van der Waals surface area contributed by atoms with Crippen molar-refractivity contribution in [3.63, 3.8) is 0 Å². The molecule has 0 atom stereocenters. The number of rotatable bonds is 5. The van der Waals surface area contributed by atoms with Crippen LogP contribution in [0.3, 0.4) is 0 Å². The molecule has 1 amide bonds. The minimum atomic E-state index is -0.246. The first kappa shape index (κ1) is 18.1. The summed E-state index contributed by atoms with van der Waals surface area (Å²) >= 11 is 6.01. The number of halogens is 1. The Morgan fingerprint density at radius 1 is 1.14 bits per heavy atom. The second kappa shape index (κ2) is 7.74. The Bertz CT molecular complexity index is 1120. The fraction of sp³-hybridized carbons (Fsp3) is 0.0909. The number of hydrogen-bond donors (Lipinski definition) is 1. The Hall–Kier alpha value is -3.31. The highest BCUT2D eigenvalue weighted by Crippen LogP contribution is 2.27. The molecule has 0 unspecified atom stereocenters. The van der Waals surface area contributed by atoms with Gasteiger partial charge in [-0.05, 0) is 48.9 Å². The van der Waals surface area contributed by atoms with Crippen molar-refractivity contribution in [2.24, 2.45) is 0 Å². The molecule has 0 radical (unpaired) electrons. The van der Waals surface area contributed by atoms with Gasteiger partial charge in [0.2, 0.25) is 0 Å². The van der Waals surface area contributed by atoms with Crippen LogP contribution in [0.25, 0.3) is 16.9 Å². The third-order valence-electron chi connectivity index (χ3n) is 4.34. The average Bonchev–Trinajstić information content (AvgIpc) is 3.13. The largest absolute Gasteiger partial charge is 0.484 e. The second-order valence-corrected chi connectivity index (χ2v) is 6.79. The van der Waals surface area contributed by atoms with E-state index in [-0.39, 0.29) is 12.5 Å². The Morgan fingerprint density at radius 2 is 1.96 bits per heavy atom. The predicted molar refractivity (Wildman–Crippen MR) is 111 cm³/mol. The number of carbonyl (C=O) groups excluding carboxylic acids is 1. The van der Waals surface area contributed by atoms with Gasteiger partial charge in [0.05, 0.1) is 11.4 Å². The van der Waals surface area contributed by atoms with Crippen LogP contribution < -0.4 is 10.1 Å². The zero-order valence-electron chi connectivity index (χ0n) is 15.2. The van der Waals surface area contributed by atoms with E-state index in [1.165, 1.54) is 0 Å². The molecule has 4 rings (SSSR count). The molecule has 0 aliphatic rings. The molecule has 0 aliphatic heterocycles. The SMILES string of the molecule is Cc1cc(OCC(=O)Nc2ccccc2-c2cn3ccccc3n2)ccc1Cl. The third kappa shape index (κ3) is 3.85. The van der Waals surface area contributed by atoms with Crippen molar-refractivity contribution in [1.29, 1.82) is 0 Å². The molecule has 0 aliphatic carbocycles. The number of aryl methyl sites for hydroxylation is 1.